The average Bonchev–Trinajstić information content (AvgIpc) is 2.97. The van der Waals surface area contributed by atoms with Gasteiger partial charge in [0.2, 0.25) is 4.34 Å². The van der Waals surface area contributed by atoms with Gasteiger partial charge in [0.1, 0.15) is 11.9 Å². The zero-order valence-electron chi connectivity index (χ0n) is 12.1. The van der Waals surface area contributed by atoms with E-state index in [1.165, 1.54) is 7.11 Å². The molecule has 0 aliphatic rings. The van der Waals surface area contributed by atoms with Crippen LogP contribution in [-0.2, 0) is 10.5 Å². The summed E-state index contributed by atoms with van der Waals surface area (Å²) in [5.41, 5.74) is 2.76. The molecule has 3 aromatic rings. The zero-order valence-corrected chi connectivity index (χ0v) is 13.8. The van der Waals surface area contributed by atoms with Crippen molar-refractivity contribution >= 4 is 34.0 Å². The molecule has 0 fully saturated rings. The van der Waals surface area contributed by atoms with Gasteiger partial charge >= 0.3 is 10.9 Å². The third-order valence-electron chi connectivity index (χ3n) is 3.11. The first-order valence-corrected chi connectivity index (χ1v) is 8.42. The number of hydrogen-bond donors (Lipinski definition) is 0. The number of benzene rings is 1. The summed E-state index contributed by atoms with van der Waals surface area (Å²) in [6.07, 6.45) is 1.79. The van der Waals surface area contributed by atoms with Crippen LogP contribution < -0.4 is 4.52 Å². The molecular weight excluding hydrogens is 318 g/mol. The molecule has 0 amide bonds. The Kier molecular flexibility index (Phi) is 4.35. The normalized spacial score (nSPS) is 10.8. The van der Waals surface area contributed by atoms with E-state index in [0.29, 0.717) is 5.56 Å². The highest BCUT2D eigenvalue weighted by atomic mass is 32.2. The van der Waals surface area contributed by atoms with Crippen molar-refractivity contribution in [3.8, 4) is 0 Å². The summed E-state index contributed by atoms with van der Waals surface area (Å²) in [7, 11) is 1.38. The molecule has 0 aliphatic heterocycles. The van der Waals surface area contributed by atoms with Crippen LogP contribution in [0.2, 0.25) is 0 Å². The van der Waals surface area contributed by atoms with E-state index < -0.39 is 0 Å². The van der Waals surface area contributed by atoms with Crippen molar-refractivity contribution in [1.29, 1.82) is 0 Å². The fourth-order valence-corrected chi connectivity index (χ4v) is 3.84. The van der Waals surface area contributed by atoms with E-state index in [2.05, 4.69) is 14.8 Å². The Morgan fingerprint density at radius 1 is 1.32 bits per heavy atom. The van der Waals surface area contributed by atoms with Gasteiger partial charge in [0, 0.05) is 18.7 Å². The fourth-order valence-electron chi connectivity index (χ4n) is 1.91. The van der Waals surface area contributed by atoms with Gasteiger partial charge in [-0.25, -0.2) is 4.79 Å². The van der Waals surface area contributed by atoms with Crippen molar-refractivity contribution in [3.63, 3.8) is 0 Å². The van der Waals surface area contributed by atoms with Crippen LogP contribution in [0, 0.1) is 6.92 Å². The largest absolute Gasteiger partial charge is 0.465 e. The monoisotopic (exact) mass is 332 g/mol. The molecule has 2 aromatic heterocycles. The lowest BCUT2D eigenvalue weighted by molar-refractivity contribution is -0.588. The first kappa shape index (κ1) is 14.9. The molecule has 0 atom stereocenters. The van der Waals surface area contributed by atoms with Crippen molar-refractivity contribution < 1.29 is 14.0 Å². The molecule has 0 saturated carbocycles. The molecule has 0 saturated heterocycles. The van der Waals surface area contributed by atoms with Crippen LogP contribution in [0.3, 0.4) is 0 Å². The Balaban J connectivity index is 1.71. The molecule has 2 heterocycles. The molecule has 0 radical (unpaired) electrons. The van der Waals surface area contributed by atoms with Crippen molar-refractivity contribution in [3.05, 3.63) is 53.3 Å². The Bertz CT molecular complexity index is 815. The van der Waals surface area contributed by atoms with Gasteiger partial charge in [0.05, 0.1) is 12.7 Å². The number of rotatable bonds is 4. The van der Waals surface area contributed by atoms with Gasteiger partial charge in [0.25, 0.3) is 0 Å². The Morgan fingerprint density at radius 3 is 2.77 bits per heavy atom. The van der Waals surface area contributed by atoms with E-state index in [4.69, 9.17) is 0 Å². The predicted molar refractivity (Wildman–Crippen MR) is 85.1 cm³/mol. The third kappa shape index (κ3) is 3.10. The van der Waals surface area contributed by atoms with Gasteiger partial charge in [-0.2, -0.15) is 0 Å². The minimum atomic E-state index is -0.316. The molecule has 5 nitrogen and oxygen atoms in total. The molecule has 1 aromatic carbocycles. The van der Waals surface area contributed by atoms with E-state index >= 15 is 0 Å². The SMILES string of the molecule is COC(=O)c1ccc(CSc2n[n+]3c(C)ccnc3s2)cc1. The smallest absolute Gasteiger partial charge is 0.410 e. The van der Waals surface area contributed by atoms with Crippen LogP contribution in [0.25, 0.3) is 4.96 Å². The van der Waals surface area contributed by atoms with Crippen LogP contribution in [0.5, 0.6) is 0 Å². The zero-order chi connectivity index (χ0) is 15.5. The van der Waals surface area contributed by atoms with Crippen LogP contribution in [-0.4, -0.2) is 23.2 Å². The summed E-state index contributed by atoms with van der Waals surface area (Å²) < 4.78 is 7.51. The molecule has 7 heteroatoms. The lowest BCUT2D eigenvalue weighted by Gasteiger charge is -2.01. The lowest BCUT2D eigenvalue weighted by Crippen LogP contribution is -2.27. The van der Waals surface area contributed by atoms with E-state index in [1.807, 2.05) is 29.6 Å². The minimum Gasteiger partial charge on any atom is -0.465 e. The second kappa shape index (κ2) is 6.41. The first-order chi connectivity index (χ1) is 10.7. The van der Waals surface area contributed by atoms with Gasteiger partial charge < -0.3 is 4.74 Å². The minimum absolute atomic E-state index is 0.316. The van der Waals surface area contributed by atoms with E-state index in [0.717, 1.165) is 26.3 Å². The number of carbonyl (C=O) groups is 1. The standard InChI is InChI=1S/C15H14N3O2S2/c1-10-7-8-16-14-18(10)17-15(22-14)21-9-11-3-5-12(6-4-11)13(19)20-2/h3-8H,9H2,1-2H3/q+1. The van der Waals surface area contributed by atoms with Gasteiger partial charge in [-0.3, -0.25) is 0 Å². The number of thioether (sulfide) groups is 1. The van der Waals surface area contributed by atoms with E-state index in [-0.39, 0.29) is 5.97 Å². The highest BCUT2D eigenvalue weighted by Crippen LogP contribution is 2.25. The Labute approximate surface area is 136 Å². The average molecular weight is 332 g/mol. The molecule has 0 aliphatic carbocycles. The van der Waals surface area contributed by atoms with Gasteiger partial charge in [-0.15, -0.1) is 0 Å². The second-order valence-corrected chi connectivity index (χ2v) is 6.80. The van der Waals surface area contributed by atoms with Crippen LogP contribution >= 0.6 is 23.1 Å². The number of nitrogens with zero attached hydrogens (tertiary/aromatic N) is 3. The Hall–Kier alpha value is -1.99. The maximum absolute atomic E-state index is 11.4. The highest BCUT2D eigenvalue weighted by molar-refractivity contribution is 8.00. The molecule has 3 rings (SSSR count). The first-order valence-electron chi connectivity index (χ1n) is 6.62. The van der Waals surface area contributed by atoms with E-state index in [1.54, 1.807) is 41.4 Å². The molecule has 0 unspecified atom stereocenters. The van der Waals surface area contributed by atoms with Gasteiger partial charge in [0.15, 0.2) is 0 Å². The van der Waals surface area contributed by atoms with Crippen molar-refractivity contribution in [1.82, 2.24) is 10.1 Å². The van der Waals surface area contributed by atoms with Gasteiger partial charge in [-0.05, 0) is 34.0 Å². The van der Waals surface area contributed by atoms with Gasteiger partial charge in [-0.1, -0.05) is 33.5 Å². The molecule has 0 bridgehead atoms. The molecule has 22 heavy (non-hydrogen) atoms. The topological polar surface area (TPSA) is 56.2 Å². The van der Waals surface area contributed by atoms with Crippen LogP contribution in [0.4, 0.5) is 0 Å². The van der Waals surface area contributed by atoms with Crippen LogP contribution in [0.1, 0.15) is 21.6 Å². The lowest BCUT2D eigenvalue weighted by atomic mass is 10.1. The highest BCUT2D eigenvalue weighted by Gasteiger charge is 2.14. The summed E-state index contributed by atoms with van der Waals surface area (Å²) in [5, 5.41) is 4.55. The number of esters is 1. The third-order valence-corrected chi connectivity index (χ3v) is 5.24. The molecule has 0 spiro atoms. The number of hydrogen-bond acceptors (Lipinski definition) is 6. The quantitative estimate of drug-likeness (QED) is 0.418. The molecule has 112 valence electrons. The summed E-state index contributed by atoms with van der Waals surface area (Å²) in [6, 6.07) is 9.36. The predicted octanol–water partition coefficient (Wildman–Crippen LogP) is 2.66. The number of aromatic nitrogens is 3. The number of methoxy groups -OCH3 is 1. The molecule has 0 N–H and O–H groups in total. The summed E-state index contributed by atoms with van der Waals surface area (Å²) in [6.45, 7) is 2.01. The van der Waals surface area contributed by atoms with Crippen LogP contribution in [0.15, 0.2) is 40.9 Å². The summed E-state index contributed by atoms with van der Waals surface area (Å²) in [5.74, 6) is 0.476. The number of aryl methyl sites for hydroxylation is 1. The number of carbonyl (C=O) groups excluding carboxylic acids is 1. The maximum Gasteiger partial charge on any atom is 0.410 e. The fraction of sp³-hybridized carbons (Fsp3) is 0.200. The second-order valence-electron chi connectivity index (χ2n) is 4.63. The van der Waals surface area contributed by atoms with Crippen molar-refractivity contribution in [2.75, 3.05) is 7.11 Å². The summed E-state index contributed by atoms with van der Waals surface area (Å²) >= 11 is 3.23. The molecular formula is C15H14N3O2S2+. The number of ether oxygens (including phenoxy) is 1. The maximum atomic E-state index is 11.4. The van der Waals surface area contributed by atoms with Crippen molar-refractivity contribution in [2.45, 2.75) is 17.0 Å². The Morgan fingerprint density at radius 2 is 2.09 bits per heavy atom. The van der Waals surface area contributed by atoms with E-state index in [9.17, 15) is 4.79 Å². The summed E-state index contributed by atoms with van der Waals surface area (Å²) in [4.78, 5) is 16.6. The van der Waals surface area contributed by atoms with Crippen molar-refractivity contribution in [2.24, 2.45) is 0 Å². The number of fused-ring (bicyclic) bond motifs is 1.